The summed E-state index contributed by atoms with van der Waals surface area (Å²) in [4.78, 5) is 2.66. The van der Waals surface area contributed by atoms with E-state index in [2.05, 4.69) is 37.9 Å². The normalized spacial score (nSPS) is 24.2. The van der Waals surface area contributed by atoms with Crippen molar-refractivity contribution in [1.82, 2.24) is 10.2 Å². The van der Waals surface area contributed by atoms with Crippen molar-refractivity contribution >= 4 is 0 Å². The molecule has 0 radical (unpaired) electrons. The number of ether oxygens (including phenoxy) is 1. The van der Waals surface area contributed by atoms with Crippen LogP contribution >= 0.6 is 0 Å². The molecule has 0 bridgehead atoms. The van der Waals surface area contributed by atoms with Crippen LogP contribution in [0.1, 0.15) is 47.0 Å². The van der Waals surface area contributed by atoms with Gasteiger partial charge in [0.2, 0.25) is 0 Å². The molecule has 0 saturated carbocycles. The third-order valence-corrected chi connectivity index (χ3v) is 3.81. The van der Waals surface area contributed by atoms with E-state index >= 15 is 0 Å². The van der Waals surface area contributed by atoms with Gasteiger partial charge in [0.05, 0.1) is 6.61 Å². The molecule has 2 atom stereocenters. The summed E-state index contributed by atoms with van der Waals surface area (Å²) in [6, 6.07) is 0.670. The van der Waals surface area contributed by atoms with Crippen molar-refractivity contribution in [2.75, 3.05) is 33.4 Å². The molecule has 2 unspecified atom stereocenters. The number of piperidine rings is 1. The monoisotopic (exact) mass is 256 g/mol. The van der Waals surface area contributed by atoms with Crippen LogP contribution in [0.25, 0.3) is 0 Å². The number of nitrogens with zero attached hydrogens (tertiary/aromatic N) is 1. The summed E-state index contributed by atoms with van der Waals surface area (Å²) >= 11 is 0. The molecule has 3 heteroatoms. The predicted octanol–water partition coefficient (Wildman–Crippen LogP) is 2.51. The molecule has 1 N–H and O–H groups in total. The first-order valence-corrected chi connectivity index (χ1v) is 7.44. The summed E-state index contributed by atoms with van der Waals surface area (Å²) in [5, 5.41) is 3.64. The Morgan fingerprint density at radius 3 is 2.67 bits per heavy atom. The third kappa shape index (κ3) is 5.68. The smallest absolute Gasteiger partial charge is 0.0502 e. The minimum absolute atomic E-state index is 0.217. The molecule has 0 amide bonds. The predicted molar refractivity (Wildman–Crippen MR) is 78.0 cm³/mol. The van der Waals surface area contributed by atoms with Crippen molar-refractivity contribution in [3.8, 4) is 0 Å². The van der Waals surface area contributed by atoms with Gasteiger partial charge in [-0.3, -0.25) is 4.90 Å². The molecular formula is C15H32N2O. The second-order valence-electron chi connectivity index (χ2n) is 6.65. The van der Waals surface area contributed by atoms with E-state index in [1.54, 1.807) is 0 Å². The van der Waals surface area contributed by atoms with Gasteiger partial charge in [-0.05, 0) is 52.5 Å². The van der Waals surface area contributed by atoms with Crippen LogP contribution in [-0.2, 0) is 4.74 Å². The topological polar surface area (TPSA) is 24.5 Å². The van der Waals surface area contributed by atoms with Crippen molar-refractivity contribution in [1.29, 1.82) is 0 Å². The molecule has 0 aromatic heterocycles. The summed E-state index contributed by atoms with van der Waals surface area (Å²) in [6.45, 7) is 13.5. The Balaban J connectivity index is 2.43. The molecule has 108 valence electrons. The second kappa shape index (κ2) is 7.46. The van der Waals surface area contributed by atoms with Crippen LogP contribution in [0.2, 0.25) is 0 Å². The first-order chi connectivity index (χ1) is 8.46. The quantitative estimate of drug-likeness (QED) is 0.790. The number of hydrogen-bond acceptors (Lipinski definition) is 3. The molecule has 0 aromatic rings. The Morgan fingerprint density at radius 1 is 1.39 bits per heavy atom. The SMILES string of the molecule is CCC(CNC(C)(C)C)N1CCCC(COC)C1. The molecule has 0 aromatic carbocycles. The van der Waals surface area contributed by atoms with E-state index in [0.717, 1.165) is 19.1 Å². The molecular weight excluding hydrogens is 224 g/mol. The van der Waals surface area contributed by atoms with Gasteiger partial charge in [0.25, 0.3) is 0 Å². The van der Waals surface area contributed by atoms with Crippen LogP contribution in [0, 0.1) is 5.92 Å². The molecule has 3 nitrogen and oxygen atoms in total. The second-order valence-corrected chi connectivity index (χ2v) is 6.65. The van der Waals surface area contributed by atoms with Crippen LogP contribution in [0.4, 0.5) is 0 Å². The highest BCUT2D eigenvalue weighted by Crippen LogP contribution is 2.20. The fourth-order valence-corrected chi connectivity index (χ4v) is 2.76. The van der Waals surface area contributed by atoms with E-state index in [9.17, 15) is 0 Å². The van der Waals surface area contributed by atoms with Crippen molar-refractivity contribution in [2.45, 2.75) is 58.5 Å². The minimum atomic E-state index is 0.217. The first kappa shape index (κ1) is 15.9. The average molecular weight is 256 g/mol. The first-order valence-electron chi connectivity index (χ1n) is 7.44. The van der Waals surface area contributed by atoms with E-state index in [4.69, 9.17) is 4.74 Å². The maximum absolute atomic E-state index is 5.31. The number of likely N-dealkylation sites (tertiary alicyclic amines) is 1. The molecule has 1 aliphatic rings. The Hall–Kier alpha value is -0.120. The zero-order valence-electron chi connectivity index (χ0n) is 13.0. The van der Waals surface area contributed by atoms with E-state index < -0.39 is 0 Å². The van der Waals surface area contributed by atoms with E-state index in [0.29, 0.717) is 6.04 Å². The van der Waals surface area contributed by atoms with Crippen LogP contribution in [-0.4, -0.2) is 49.8 Å². The van der Waals surface area contributed by atoms with Gasteiger partial charge in [-0.1, -0.05) is 6.92 Å². The van der Waals surface area contributed by atoms with Gasteiger partial charge in [0, 0.05) is 31.8 Å². The fourth-order valence-electron chi connectivity index (χ4n) is 2.76. The van der Waals surface area contributed by atoms with Gasteiger partial charge < -0.3 is 10.1 Å². The lowest BCUT2D eigenvalue weighted by molar-refractivity contribution is 0.0648. The van der Waals surface area contributed by atoms with E-state index in [-0.39, 0.29) is 5.54 Å². The van der Waals surface area contributed by atoms with Crippen molar-refractivity contribution in [3.63, 3.8) is 0 Å². The number of hydrogen-bond donors (Lipinski definition) is 1. The molecule has 1 fully saturated rings. The maximum atomic E-state index is 5.31. The molecule has 0 spiro atoms. The number of methoxy groups -OCH3 is 1. The lowest BCUT2D eigenvalue weighted by atomic mass is 9.96. The average Bonchev–Trinajstić information content (AvgIpc) is 2.29. The summed E-state index contributed by atoms with van der Waals surface area (Å²) in [5.41, 5.74) is 0.217. The van der Waals surface area contributed by atoms with Crippen molar-refractivity contribution in [2.24, 2.45) is 5.92 Å². The summed E-state index contributed by atoms with van der Waals surface area (Å²) < 4.78 is 5.31. The van der Waals surface area contributed by atoms with Crippen molar-refractivity contribution < 1.29 is 4.74 Å². The molecule has 0 aliphatic carbocycles. The molecule has 1 saturated heterocycles. The van der Waals surface area contributed by atoms with Gasteiger partial charge in [-0.25, -0.2) is 0 Å². The number of nitrogens with one attached hydrogen (secondary N) is 1. The van der Waals surface area contributed by atoms with Gasteiger partial charge in [-0.2, -0.15) is 0 Å². The standard InChI is InChI=1S/C15H32N2O/c1-6-14(10-16-15(2,3)4)17-9-7-8-13(11-17)12-18-5/h13-14,16H,6-12H2,1-5H3. The summed E-state index contributed by atoms with van der Waals surface area (Å²) in [7, 11) is 1.82. The Morgan fingerprint density at radius 2 is 2.11 bits per heavy atom. The summed E-state index contributed by atoms with van der Waals surface area (Å²) in [6.07, 6.45) is 3.87. The highest BCUT2D eigenvalue weighted by molar-refractivity contribution is 4.82. The molecule has 1 rings (SSSR count). The lowest BCUT2D eigenvalue weighted by Crippen LogP contribution is -2.50. The van der Waals surface area contributed by atoms with Crippen LogP contribution in [0.15, 0.2) is 0 Å². The van der Waals surface area contributed by atoms with Crippen molar-refractivity contribution in [3.05, 3.63) is 0 Å². The zero-order chi connectivity index (χ0) is 13.6. The highest BCUT2D eigenvalue weighted by Gasteiger charge is 2.25. The molecule has 1 aliphatic heterocycles. The fraction of sp³-hybridized carbons (Fsp3) is 1.00. The molecule has 1 heterocycles. The zero-order valence-corrected chi connectivity index (χ0v) is 13.0. The minimum Gasteiger partial charge on any atom is -0.384 e. The Labute approximate surface area is 113 Å². The van der Waals surface area contributed by atoms with Gasteiger partial charge in [-0.15, -0.1) is 0 Å². The van der Waals surface area contributed by atoms with Crippen LogP contribution in [0.3, 0.4) is 0 Å². The van der Waals surface area contributed by atoms with Crippen LogP contribution < -0.4 is 5.32 Å². The maximum Gasteiger partial charge on any atom is 0.0502 e. The van der Waals surface area contributed by atoms with Gasteiger partial charge in [0.1, 0.15) is 0 Å². The summed E-state index contributed by atoms with van der Waals surface area (Å²) in [5.74, 6) is 0.729. The van der Waals surface area contributed by atoms with Gasteiger partial charge in [0.15, 0.2) is 0 Å². The largest absolute Gasteiger partial charge is 0.384 e. The molecule has 18 heavy (non-hydrogen) atoms. The number of rotatable bonds is 6. The van der Waals surface area contributed by atoms with E-state index in [1.165, 1.54) is 32.4 Å². The van der Waals surface area contributed by atoms with Gasteiger partial charge >= 0.3 is 0 Å². The van der Waals surface area contributed by atoms with E-state index in [1.807, 2.05) is 7.11 Å². The lowest BCUT2D eigenvalue weighted by Gasteiger charge is -2.39. The third-order valence-electron chi connectivity index (χ3n) is 3.81. The Kier molecular flexibility index (Phi) is 6.61. The van der Waals surface area contributed by atoms with Crippen LogP contribution in [0.5, 0.6) is 0 Å². The Bertz CT molecular complexity index is 223. The highest BCUT2D eigenvalue weighted by atomic mass is 16.5.